The standard InChI is InChI=1S/C18H28O4/c1-6-9-13-15(20)14(12(4)19)16(21)18(10-7-2,11-8-3)17(13)22-5/h20H,6-11H2,1-5H3. The summed E-state index contributed by atoms with van der Waals surface area (Å²) in [5.74, 6) is -0.273. The molecule has 4 nitrogen and oxygen atoms in total. The third kappa shape index (κ3) is 2.96. The highest BCUT2D eigenvalue weighted by Gasteiger charge is 2.49. The summed E-state index contributed by atoms with van der Waals surface area (Å²) in [4.78, 5) is 25.0. The van der Waals surface area contributed by atoms with Gasteiger partial charge in [0.05, 0.1) is 12.5 Å². The van der Waals surface area contributed by atoms with E-state index in [-0.39, 0.29) is 22.9 Å². The van der Waals surface area contributed by atoms with Crippen molar-refractivity contribution in [3.63, 3.8) is 0 Å². The highest BCUT2D eigenvalue weighted by Crippen LogP contribution is 2.48. The summed E-state index contributed by atoms with van der Waals surface area (Å²) < 4.78 is 5.60. The molecule has 22 heavy (non-hydrogen) atoms. The van der Waals surface area contributed by atoms with Gasteiger partial charge in [0.2, 0.25) is 0 Å². The van der Waals surface area contributed by atoms with Crippen molar-refractivity contribution >= 4 is 11.6 Å². The minimum Gasteiger partial charge on any atom is -0.507 e. The molecule has 0 fully saturated rings. The number of ether oxygens (including phenoxy) is 1. The molecule has 0 bridgehead atoms. The SMILES string of the molecule is CCCC1=C(OC)C(CCC)(CCC)C(=O)C(C(C)=O)=C1O. The van der Waals surface area contributed by atoms with E-state index in [1.165, 1.54) is 6.92 Å². The maximum atomic E-state index is 13.0. The summed E-state index contributed by atoms with van der Waals surface area (Å²) in [6, 6.07) is 0. The Morgan fingerprint density at radius 3 is 2.05 bits per heavy atom. The molecule has 0 aliphatic heterocycles. The lowest BCUT2D eigenvalue weighted by atomic mass is 9.66. The Labute approximate surface area is 133 Å². The Hall–Kier alpha value is -1.58. The van der Waals surface area contributed by atoms with Crippen LogP contribution in [0, 0.1) is 5.41 Å². The highest BCUT2D eigenvalue weighted by atomic mass is 16.5. The van der Waals surface area contributed by atoms with Crippen molar-refractivity contribution in [3.05, 3.63) is 22.7 Å². The number of aliphatic hydroxyl groups excluding tert-OH is 1. The van der Waals surface area contributed by atoms with Crippen molar-refractivity contribution in [2.45, 2.75) is 66.2 Å². The molecule has 1 aliphatic carbocycles. The highest BCUT2D eigenvalue weighted by molar-refractivity contribution is 6.23. The zero-order valence-electron chi connectivity index (χ0n) is 14.4. The summed E-state index contributed by atoms with van der Waals surface area (Å²) in [5.41, 5.74) is -0.237. The molecule has 0 aromatic heterocycles. The fourth-order valence-electron chi connectivity index (χ4n) is 3.56. The number of ketones is 2. The van der Waals surface area contributed by atoms with Gasteiger partial charge in [-0.3, -0.25) is 9.59 Å². The molecule has 4 heteroatoms. The van der Waals surface area contributed by atoms with Crippen LogP contribution in [0.4, 0.5) is 0 Å². The minimum absolute atomic E-state index is 0.0499. The van der Waals surface area contributed by atoms with Crippen LogP contribution in [0.15, 0.2) is 22.7 Å². The van der Waals surface area contributed by atoms with Gasteiger partial charge in [0.15, 0.2) is 11.6 Å². The van der Waals surface area contributed by atoms with Crippen LogP contribution in [0.25, 0.3) is 0 Å². The zero-order chi connectivity index (χ0) is 16.9. The summed E-state index contributed by atoms with van der Waals surface area (Å²) >= 11 is 0. The van der Waals surface area contributed by atoms with E-state index in [0.717, 1.165) is 19.3 Å². The number of allylic oxidation sites excluding steroid dienone is 3. The maximum absolute atomic E-state index is 13.0. The summed E-state index contributed by atoms with van der Waals surface area (Å²) in [6.07, 6.45) is 4.27. The normalized spacial score (nSPS) is 18.0. The Morgan fingerprint density at radius 1 is 1.14 bits per heavy atom. The summed E-state index contributed by atoms with van der Waals surface area (Å²) in [6.45, 7) is 7.37. The monoisotopic (exact) mass is 308 g/mol. The first-order valence-electron chi connectivity index (χ1n) is 8.18. The van der Waals surface area contributed by atoms with Gasteiger partial charge in [0.25, 0.3) is 0 Å². The molecule has 1 N–H and O–H groups in total. The van der Waals surface area contributed by atoms with Gasteiger partial charge in [-0.1, -0.05) is 40.0 Å². The number of methoxy groups -OCH3 is 1. The molecule has 0 aromatic carbocycles. The predicted octanol–water partition coefficient (Wildman–Crippen LogP) is 4.26. The first-order valence-corrected chi connectivity index (χ1v) is 8.18. The van der Waals surface area contributed by atoms with Crippen LogP contribution in [0.1, 0.15) is 66.2 Å². The number of aliphatic hydroxyl groups is 1. The fraction of sp³-hybridized carbons (Fsp3) is 0.667. The Kier molecular flexibility index (Phi) is 6.39. The first-order chi connectivity index (χ1) is 10.4. The molecule has 0 saturated carbocycles. The molecule has 0 aromatic rings. The van der Waals surface area contributed by atoms with Gasteiger partial charge >= 0.3 is 0 Å². The average molecular weight is 308 g/mol. The molecule has 1 rings (SSSR count). The van der Waals surface area contributed by atoms with Gasteiger partial charge < -0.3 is 9.84 Å². The van der Waals surface area contributed by atoms with Crippen molar-refractivity contribution in [2.75, 3.05) is 7.11 Å². The predicted molar refractivity (Wildman–Crippen MR) is 86.5 cm³/mol. The molecular weight excluding hydrogens is 280 g/mol. The van der Waals surface area contributed by atoms with Gasteiger partial charge in [-0.2, -0.15) is 0 Å². The third-order valence-corrected chi connectivity index (χ3v) is 4.30. The van der Waals surface area contributed by atoms with E-state index in [9.17, 15) is 14.7 Å². The molecule has 0 spiro atoms. The molecule has 0 atom stereocenters. The Balaban J connectivity index is 3.68. The van der Waals surface area contributed by atoms with Crippen LogP contribution in [0.3, 0.4) is 0 Å². The van der Waals surface area contributed by atoms with E-state index in [1.54, 1.807) is 7.11 Å². The van der Waals surface area contributed by atoms with Gasteiger partial charge in [0, 0.05) is 5.57 Å². The van der Waals surface area contributed by atoms with Crippen molar-refractivity contribution < 1.29 is 19.4 Å². The van der Waals surface area contributed by atoms with Gasteiger partial charge in [-0.25, -0.2) is 0 Å². The zero-order valence-corrected chi connectivity index (χ0v) is 14.4. The van der Waals surface area contributed by atoms with Gasteiger partial charge in [-0.05, 0) is 26.2 Å². The molecule has 124 valence electrons. The molecule has 0 radical (unpaired) electrons. The molecule has 0 amide bonds. The quantitative estimate of drug-likeness (QED) is 0.681. The lowest BCUT2D eigenvalue weighted by molar-refractivity contribution is -0.129. The van der Waals surface area contributed by atoms with E-state index in [0.29, 0.717) is 30.6 Å². The second kappa shape index (κ2) is 7.61. The van der Waals surface area contributed by atoms with Crippen molar-refractivity contribution in [1.29, 1.82) is 0 Å². The lowest BCUT2D eigenvalue weighted by Gasteiger charge is -2.38. The number of Topliss-reactive ketones (excluding diaryl/α,β-unsaturated/α-hetero) is 2. The molecule has 0 heterocycles. The van der Waals surface area contributed by atoms with Crippen molar-refractivity contribution in [1.82, 2.24) is 0 Å². The molecule has 0 unspecified atom stereocenters. The number of carbonyl (C=O) groups is 2. The van der Waals surface area contributed by atoms with Gasteiger partial charge in [-0.15, -0.1) is 0 Å². The van der Waals surface area contributed by atoms with E-state index in [4.69, 9.17) is 4.74 Å². The number of hydrogen-bond acceptors (Lipinski definition) is 4. The Morgan fingerprint density at radius 2 is 1.68 bits per heavy atom. The molecule has 1 aliphatic rings. The number of hydrogen-bond donors (Lipinski definition) is 1. The largest absolute Gasteiger partial charge is 0.507 e. The fourth-order valence-corrected chi connectivity index (χ4v) is 3.56. The second-order valence-electron chi connectivity index (χ2n) is 5.95. The van der Waals surface area contributed by atoms with E-state index < -0.39 is 5.41 Å². The van der Waals surface area contributed by atoms with Crippen LogP contribution in [-0.4, -0.2) is 23.8 Å². The van der Waals surface area contributed by atoms with E-state index >= 15 is 0 Å². The van der Waals surface area contributed by atoms with Crippen molar-refractivity contribution in [2.24, 2.45) is 5.41 Å². The van der Waals surface area contributed by atoms with Crippen LogP contribution in [0.5, 0.6) is 0 Å². The second-order valence-corrected chi connectivity index (χ2v) is 5.95. The van der Waals surface area contributed by atoms with Crippen LogP contribution >= 0.6 is 0 Å². The lowest BCUT2D eigenvalue weighted by Crippen LogP contribution is -2.41. The smallest absolute Gasteiger partial charge is 0.183 e. The first kappa shape index (κ1) is 18.5. The van der Waals surface area contributed by atoms with Crippen LogP contribution in [0.2, 0.25) is 0 Å². The topological polar surface area (TPSA) is 63.6 Å². The molecular formula is C18H28O4. The van der Waals surface area contributed by atoms with E-state index in [1.807, 2.05) is 20.8 Å². The summed E-state index contributed by atoms with van der Waals surface area (Å²) in [7, 11) is 1.55. The molecule has 0 saturated heterocycles. The van der Waals surface area contributed by atoms with Crippen molar-refractivity contribution in [3.8, 4) is 0 Å². The van der Waals surface area contributed by atoms with E-state index in [2.05, 4.69) is 0 Å². The maximum Gasteiger partial charge on any atom is 0.183 e. The minimum atomic E-state index is -0.810. The third-order valence-electron chi connectivity index (χ3n) is 4.30. The summed E-state index contributed by atoms with van der Waals surface area (Å²) in [5, 5.41) is 10.5. The van der Waals surface area contributed by atoms with Gasteiger partial charge in [0.1, 0.15) is 17.1 Å². The Bertz CT molecular complexity index is 505. The number of carbonyl (C=O) groups excluding carboxylic acids is 2. The van der Waals surface area contributed by atoms with Crippen LogP contribution < -0.4 is 0 Å². The van der Waals surface area contributed by atoms with Crippen LogP contribution in [-0.2, 0) is 14.3 Å². The number of rotatable bonds is 8. The average Bonchev–Trinajstić information content (AvgIpc) is 2.45.